The van der Waals surface area contributed by atoms with Crippen LogP contribution in [0.15, 0.2) is 53.4 Å². The van der Waals surface area contributed by atoms with Gasteiger partial charge in [-0.25, -0.2) is 0 Å². The first-order valence-electron chi connectivity index (χ1n) is 8.22. The third-order valence-electron chi connectivity index (χ3n) is 4.07. The molecule has 1 N–H and O–H groups in total. The van der Waals surface area contributed by atoms with Crippen LogP contribution in [0.3, 0.4) is 0 Å². The molecule has 138 valence electrons. The van der Waals surface area contributed by atoms with E-state index in [1.165, 1.54) is 24.3 Å². The molecule has 27 heavy (non-hydrogen) atoms. The van der Waals surface area contributed by atoms with E-state index in [0.29, 0.717) is 6.42 Å². The third kappa shape index (κ3) is 4.35. The molecule has 0 unspecified atom stereocenters. The van der Waals surface area contributed by atoms with Gasteiger partial charge in [-0.3, -0.25) is 24.6 Å². The van der Waals surface area contributed by atoms with E-state index in [2.05, 4.69) is 0 Å². The number of hydrogen-bond donors (Lipinski definition) is 1. The number of benzene rings is 2. The highest BCUT2D eigenvalue weighted by atomic mass is 32.2. The Morgan fingerprint density at radius 1 is 1.15 bits per heavy atom. The van der Waals surface area contributed by atoms with Crippen molar-refractivity contribution in [2.75, 3.05) is 6.54 Å². The first-order chi connectivity index (χ1) is 13.0. The van der Waals surface area contributed by atoms with Gasteiger partial charge in [0.1, 0.15) is 5.75 Å². The molecule has 0 spiro atoms. The Labute approximate surface area is 159 Å². The smallest absolute Gasteiger partial charge is 0.293 e. The van der Waals surface area contributed by atoms with Crippen molar-refractivity contribution in [2.24, 2.45) is 0 Å². The maximum atomic E-state index is 12.5. The lowest BCUT2D eigenvalue weighted by molar-refractivity contribution is -0.384. The largest absolute Gasteiger partial charge is 0.507 e. The maximum absolute atomic E-state index is 12.5. The number of nitrogens with zero attached hydrogens (tertiary/aromatic N) is 2. The van der Waals surface area contributed by atoms with E-state index >= 15 is 0 Å². The molecular weight excluding hydrogens is 368 g/mol. The van der Waals surface area contributed by atoms with E-state index in [1.807, 2.05) is 30.3 Å². The average molecular weight is 384 g/mol. The fourth-order valence-corrected chi connectivity index (χ4v) is 3.55. The number of phenolic OH excluding ortho intramolecular Hbond substituents is 1. The quantitative estimate of drug-likeness (QED) is 0.459. The Balaban J connectivity index is 1.71. The minimum atomic E-state index is -0.591. The summed E-state index contributed by atoms with van der Waals surface area (Å²) in [5.41, 5.74) is 1.04. The Hall–Kier alpha value is -3.13. The Bertz CT molecular complexity index is 927. The van der Waals surface area contributed by atoms with Gasteiger partial charge in [-0.2, -0.15) is 0 Å². The van der Waals surface area contributed by atoms with Crippen molar-refractivity contribution < 1.29 is 19.6 Å². The van der Waals surface area contributed by atoms with Crippen LogP contribution in [0.4, 0.5) is 10.5 Å². The molecule has 0 aliphatic carbocycles. The number of carbonyl (C=O) groups excluding carboxylic acids is 2. The first kappa shape index (κ1) is 18.7. The lowest BCUT2D eigenvalue weighted by atomic mass is 10.1. The summed E-state index contributed by atoms with van der Waals surface area (Å²) in [6, 6.07) is 13.3. The summed E-state index contributed by atoms with van der Waals surface area (Å²) in [5, 5.41) is 20.4. The summed E-state index contributed by atoms with van der Waals surface area (Å²) in [6.07, 6.45) is 2.69. The zero-order valence-electron chi connectivity index (χ0n) is 14.2. The van der Waals surface area contributed by atoms with E-state index < -0.39 is 10.8 Å². The minimum Gasteiger partial charge on any atom is -0.507 e. The summed E-state index contributed by atoms with van der Waals surface area (Å²) < 4.78 is 0. The van der Waals surface area contributed by atoms with Crippen LogP contribution < -0.4 is 0 Å². The van der Waals surface area contributed by atoms with E-state index in [4.69, 9.17) is 0 Å². The minimum absolute atomic E-state index is 0.124. The van der Waals surface area contributed by atoms with Gasteiger partial charge in [0.25, 0.3) is 16.8 Å². The van der Waals surface area contributed by atoms with Crippen molar-refractivity contribution in [2.45, 2.75) is 12.8 Å². The summed E-state index contributed by atoms with van der Waals surface area (Å²) in [5.74, 6) is -0.652. The number of carbonyl (C=O) groups is 2. The number of hydrogen-bond acceptors (Lipinski definition) is 6. The van der Waals surface area contributed by atoms with E-state index in [9.17, 15) is 24.8 Å². The normalized spacial score (nSPS) is 15.6. The highest BCUT2D eigenvalue weighted by Crippen LogP contribution is 2.34. The van der Waals surface area contributed by atoms with Gasteiger partial charge < -0.3 is 5.11 Å². The zero-order valence-corrected chi connectivity index (χ0v) is 15.0. The van der Waals surface area contributed by atoms with Crippen LogP contribution in [0.5, 0.6) is 5.75 Å². The second-order valence-electron chi connectivity index (χ2n) is 5.92. The molecule has 7 nitrogen and oxygen atoms in total. The van der Waals surface area contributed by atoms with E-state index in [-0.39, 0.29) is 33.7 Å². The molecular formula is C19H16N2O5S. The molecule has 2 aromatic carbocycles. The summed E-state index contributed by atoms with van der Waals surface area (Å²) in [6.45, 7) is 0.290. The van der Waals surface area contributed by atoms with Crippen LogP contribution in [0.1, 0.15) is 17.5 Å². The molecule has 8 heteroatoms. The molecule has 2 amide bonds. The molecule has 0 atom stereocenters. The summed E-state index contributed by atoms with van der Waals surface area (Å²) in [4.78, 5) is 36.2. The number of non-ortho nitro benzene ring substituents is 1. The molecule has 0 saturated carbocycles. The van der Waals surface area contributed by atoms with Gasteiger partial charge in [0.2, 0.25) is 0 Å². The molecule has 1 aliphatic heterocycles. The Morgan fingerprint density at radius 2 is 1.89 bits per heavy atom. The van der Waals surface area contributed by atoms with Crippen molar-refractivity contribution >= 4 is 34.7 Å². The molecule has 0 bridgehead atoms. The number of amides is 2. The molecule has 3 rings (SSSR count). The number of nitro benzene ring substituents is 1. The lowest BCUT2D eigenvalue weighted by Gasteiger charge is -2.12. The summed E-state index contributed by atoms with van der Waals surface area (Å²) >= 11 is 0.763. The van der Waals surface area contributed by atoms with E-state index in [0.717, 1.165) is 28.6 Å². The van der Waals surface area contributed by atoms with Gasteiger partial charge in [-0.1, -0.05) is 30.3 Å². The standard InChI is InChI=1S/C19H16N2O5S/c22-16-9-8-15(21(25)26)11-14(16)12-17-18(23)20(19(24)27-17)10-4-7-13-5-2-1-3-6-13/h1-3,5-6,8-9,11-12,22H,4,7,10H2/b17-12+. The lowest BCUT2D eigenvalue weighted by Crippen LogP contribution is -2.29. The molecule has 1 aliphatic rings. The van der Waals surface area contributed by atoms with Crippen molar-refractivity contribution in [1.82, 2.24) is 4.90 Å². The third-order valence-corrected chi connectivity index (χ3v) is 4.98. The molecule has 1 heterocycles. The van der Waals surface area contributed by atoms with Crippen molar-refractivity contribution in [3.63, 3.8) is 0 Å². The van der Waals surface area contributed by atoms with Gasteiger partial charge >= 0.3 is 0 Å². The highest BCUT2D eigenvalue weighted by Gasteiger charge is 2.34. The Morgan fingerprint density at radius 3 is 2.59 bits per heavy atom. The SMILES string of the molecule is O=C1S/C(=C/c2cc([N+](=O)[O-])ccc2O)C(=O)N1CCCc1ccccc1. The van der Waals surface area contributed by atoms with Gasteiger partial charge in [-0.05, 0) is 42.3 Å². The monoisotopic (exact) mass is 384 g/mol. The van der Waals surface area contributed by atoms with Gasteiger partial charge in [-0.15, -0.1) is 0 Å². The number of nitro groups is 1. The second-order valence-corrected chi connectivity index (χ2v) is 6.92. The first-order valence-corrected chi connectivity index (χ1v) is 9.04. The Kier molecular flexibility index (Phi) is 5.56. The number of thioether (sulfide) groups is 1. The van der Waals surface area contributed by atoms with Crippen molar-refractivity contribution in [1.29, 1.82) is 0 Å². The number of rotatable bonds is 6. The average Bonchev–Trinajstić information content (AvgIpc) is 2.91. The van der Waals surface area contributed by atoms with Crippen molar-refractivity contribution in [3.8, 4) is 5.75 Å². The molecule has 0 aromatic heterocycles. The van der Waals surface area contributed by atoms with Gasteiger partial charge in [0, 0.05) is 24.2 Å². The number of aryl methyl sites for hydroxylation is 1. The van der Waals surface area contributed by atoms with Crippen LogP contribution in [-0.4, -0.2) is 32.6 Å². The summed E-state index contributed by atoms with van der Waals surface area (Å²) in [7, 11) is 0. The van der Waals surface area contributed by atoms with Crippen molar-refractivity contribution in [3.05, 3.63) is 74.7 Å². The molecule has 0 radical (unpaired) electrons. The van der Waals surface area contributed by atoms with E-state index in [1.54, 1.807) is 0 Å². The number of imide groups is 1. The van der Waals surface area contributed by atoms with Crippen LogP contribution >= 0.6 is 11.8 Å². The predicted octanol–water partition coefficient (Wildman–Crippen LogP) is 3.97. The predicted molar refractivity (Wildman–Crippen MR) is 102 cm³/mol. The second kappa shape index (κ2) is 8.05. The fraction of sp³-hybridized carbons (Fsp3) is 0.158. The zero-order chi connectivity index (χ0) is 19.4. The number of phenols is 1. The van der Waals surface area contributed by atoms with Crippen LogP contribution in [-0.2, 0) is 11.2 Å². The fourth-order valence-electron chi connectivity index (χ4n) is 2.69. The number of aromatic hydroxyl groups is 1. The van der Waals surface area contributed by atoms with Crippen LogP contribution in [0.25, 0.3) is 6.08 Å². The van der Waals surface area contributed by atoms with Crippen LogP contribution in [0, 0.1) is 10.1 Å². The molecule has 1 fully saturated rings. The maximum Gasteiger partial charge on any atom is 0.293 e. The highest BCUT2D eigenvalue weighted by molar-refractivity contribution is 8.18. The topological polar surface area (TPSA) is 101 Å². The van der Waals surface area contributed by atoms with Crippen LogP contribution in [0.2, 0.25) is 0 Å². The molecule has 2 aromatic rings. The molecule has 1 saturated heterocycles. The van der Waals surface area contributed by atoms with Gasteiger partial charge in [0.15, 0.2) is 0 Å². The van der Waals surface area contributed by atoms with Gasteiger partial charge in [0.05, 0.1) is 9.83 Å².